The Morgan fingerprint density at radius 2 is 0.350 bits per heavy atom. The van der Waals surface area contributed by atoms with Gasteiger partial charge in [0.2, 0.25) is 0 Å². The largest absolute Gasteiger partial charge is 0.0654 e. The second kappa shape index (κ2) is 33.9. The molecule has 0 rings (SSSR count). The molecular formula is C39H82P+. The topological polar surface area (TPSA) is 0 Å². The van der Waals surface area contributed by atoms with E-state index in [0.717, 1.165) is 0 Å². The summed E-state index contributed by atoms with van der Waals surface area (Å²) >= 11 is 0. The molecule has 0 aliphatic carbocycles. The fourth-order valence-corrected chi connectivity index (χ4v) is 11.7. The minimum absolute atomic E-state index is 0.754. The number of hydrogen-bond donors (Lipinski definition) is 0. The average Bonchev–Trinajstić information content (AvgIpc) is 2.96. The summed E-state index contributed by atoms with van der Waals surface area (Å²) in [5.41, 5.74) is 0. The molecule has 0 unspecified atom stereocenters. The maximum absolute atomic E-state index is 2.35. The van der Waals surface area contributed by atoms with Crippen molar-refractivity contribution in [1.82, 2.24) is 0 Å². The molecule has 0 saturated heterocycles. The molecule has 0 N–H and O–H groups in total. The van der Waals surface area contributed by atoms with Gasteiger partial charge in [-0.15, -0.1) is 0 Å². The van der Waals surface area contributed by atoms with Crippen LogP contribution >= 0.6 is 7.26 Å². The molecule has 0 radical (unpaired) electrons. The molecule has 242 valence electrons. The Morgan fingerprint density at radius 1 is 0.200 bits per heavy atom. The zero-order valence-corrected chi connectivity index (χ0v) is 30.1. The van der Waals surface area contributed by atoms with Crippen molar-refractivity contribution in [1.29, 1.82) is 0 Å². The molecule has 0 aromatic rings. The van der Waals surface area contributed by atoms with Crippen molar-refractivity contribution in [2.24, 2.45) is 0 Å². The Balaban J connectivity index is 4.76. The first kappa shape index (κ1) is 40.4. The van der Waals surface area contributed by atoms with Gasteiger partial charge >= 0.3 is 0 Å². The van der Waals surface area contributed by atoms with Gasteiger partial charge in [0.1, 0.15) is 0 Å². The lowest BCUT2D eigenvalue weighted by atomic mass is 10.1. The smallest absolute Gasteiger partial charge is 0.0594 e. The Kier molecular flexibility index (Phi) is 34.3. The van der Waals surface area contributed by atoms with E-state index in [1.54, 1.807) is 50.3 Å². The van der Waals surface area contributed by atoms with Crippen LogP contribution in [0.4, 0.5) is 0 Å². The van der Waals surface area contributed by atoms with Crippen LogP contribution in [0.15, 0.2) is 0 Å². The summed E-state index contributed by atoms with van der Waals surface area (Å²) < 4.78 is 0. The normalized spacial score (nSPS) is 12.0. The molecule has 0 spiro atoms. The zero-order valence-electron chi connectivity index (χ0n) is 29.2. The van der Waals surface area contributed by atoms with Crippen molar-refractivity contribution in [2.75, 3.05) is 24.6 Å². The van der Waals surface area contributed by atoms with E-state index in [0.29, 0.717) is 0 Å². The molecule has 0 aliphatic rings. The molecule has 0 aromatic carbocycles. The molecule has 1 heteroatoms. The van der Waals surface area contributed by atoms with Crippen LogP contribution in [-0.4, -0.2) is 24.6 Å². The van der Waals surface area contributed by atoms with E-state index < -0.39 is 7.26 Å². The van der Waals surface area contributed by atoms with Crippen molar-refractivity contribution in [2.45, 2.75) is 227 Å². The first-order chi connectivity index (χ1) is 19.7. The van der Waals surface area contributed by atoms with Crippen molar-refractivity contribution in [3.05, 3.63) is 0 Å². The molecule has 0 aliphatic heterocycles. The van der Waals surface area contributed by atoms with Crippen molar-refractivity contribution < 1.29 is 0 Å². The van der Waals surface area contributed by atoms with Crippen LogP contribution in [0.25, 0.3) is 0 Å². The van der Waals surface area contributed by atoms with E-state index in [2.05, 4.69) is 27.7 Å². The third kappa shape index (κ3) is 28.5. The third-order valence-electron chi connectivity index (χ3n) is 9.69. The summed E-state index contributed by atoms with van der Waals surface area (Å²) in [6.45, 7) is 9.37. The highest BCUT2D eigenvalue weighted by atomic mass is 31.2. The first-order valence-electron chi connectivity index (χ1n) is 19.6. The van der Waals surface area contributed by atoms with E-state index in [-0.39, 0.29) is 0 Å². The second-order valence-corrected chi connectivity index (χ2v) is 18.3. The predicted molar refractivity (Wildman–Crippen MR) is 192 cm³/mol. The van der Waals surface area contributed by atoms with E-state index >= 15 is 0 Å². The van der Waals surface area contributed by atoms with Crippen LogP contribution < -0.4 is 0 Å². The maximum atomic E-state index is 2.35. The van der Waals surface area contributed by atoms with Crippen molar-refractivity contribution in [3.8, 4) is 0 Å². The molecule has 0 bridgehead atoms. The fraction of sp³-hybridized carbons (Fsp3) is 1.00. The van der Waals surface area contributed by atoms with Crippen LogP contribution in [0, 0.1) is 0 Å². The molecular weight excluding hydrogens is 499 g/mol. The van der Waals surface area contributed by atoms with Gasteiger partial charge in [-0.05, 0) is 51.4 Å². The molecule has 0 saturated carbocycles. The number of rotatable bonds is 35. The van der Waals surface area contributed by atoms with Gasteiger partial charge in [-0.2, -0.15) is 0 Å². The SMILES string of the molecule is CCCCCCCCCCCC[P+](CCCCCCCCC)(CCCCCCCCC)CCCCCCCCC. The highest BCUT2D eigenvalue weighted by Gasteiger charge is 2.35. The van der Waals surface area contributed by atoms with Crippen LogP contribution in [0.2, 0.25) is 0 Å². The van der Waals surface area contributed by atoms with E-state index in [9.17, 15) is 0 Å². The second-order valence-electron chi connectivity index (χ2n) is 13.8. The van der Waals surface area contributed by atoms with E-state index in [1.807, 2.05) is 0 Å². The van der Waals surface area contributed by atoms with Crippen molar-refractivity contribution >= 4 is 7.26 Å². The highest BCUT2D eigenvalue weighted by Crippen LogP contribution is 2.61. The zero-order chi connectivity index (χ0) is 29.2. The van der Waals surface area contributed by atoms with Gasteiger partial charge in [0.15, 0.2) is 0 Å². The summed E-state index contributed by atoms with van der Waals surface area (Å²) in [5.74, 6) is 0. The van der Waals surface area contributed by atoms with Gasteiger partial charge in [0.25, 0.3) is 0 Å². The van der Waals surface area contributed by atoms with Gasteiger partial charge in [-0.3, -0.25) is 0 Å². The minimum Gasteiger partial charge on any atom is -0.0654 e. The van der Waals surface area contributed by atoms with Crippen LogP contribution in [0.5, 0.6) is 0 Å². The molecule has 0 heterocycles. The van der Waals surface area contributed by atoms with Gasteiger partial charge < -0.3 is 0 Å². The van der Waals surface area contributed by atoms with Crippen LogP contribution in [0.3, 0.4) is 0 Å². The quantitative estimate of drug-likeness (QED) is 0.0516. The summed E-state index contributed by atoms with van der Waals surface area (Å²) in [7, 11) is -0.754. The molecule has 0 atom stereocenters. The molecule has 0 aromatic heterocycles. The Labute approximate surface area is 258 Å². The maximum Gasteiger partial charge on any atom is 0.0594 e. The standard InChI is InChI=1S/C39H82P/c1-5-9-13-17-21-22-23-27-31-35-39-40(36-32-28-24-18-14-10-6-2,37-33-29-25-19-15-11-7-3)38-34-30-26-20-16-12-8-4/h5-39H2,1-4H3/q+1. The molecule has 40 heavy (non-hydrogen) atoms. The van der Waals surface area contributed by atoms with E-state index in [1.165, 1.54) is 173 Å². The van der Waals surface area contributed by atoms with Gasteiger partial charge in [-0.1, -0.05) is 175 Å². The summed E-state index contributed by atoms with van der Waals surface area (Å²) in [4.78, 5) is 0. The van der Waals surface area contributed by atoms with Crippen LogP contribution in [0.1, 0.15) is 227 Å². The number of unbranched alkanes of at least 4 members (excludes halogenated alkanes) is 27. The van der Waals surface area contributed by atoms with E-state index in [4.69, 9.17) is 0 Å². The summed E-state index contributed by atoms with van der Waals surface area (Å²) in [6.07, 6.45) is 52.7. The fourth-order valence-electron chi connectivity index (χ4n) is 6.82. The number of hydrogen-bond acceptors (Lipinski definition) is 0. The Hall–Kier alpha value is 0.430. The average molecular weight is 582 g/mol. The molecule has 0 fully saturated rings. The van der Waals surface area contributed by atoms with Crippen molar-refractivity contribution in [3.63, 3.8) is 0 Å². The minimum atomic E-state index is -0.754. The summed E-state index contributed by atoms with van der Waals surface area (Å²) in [6, 6.07) is 0. The third-order valence-corrected chi connectivity index (χ3v) is 14.8. The lowest BCUT2D eigenvalue weighted by Crippen LogP contribution is -2.13. The molecule has 0 amide bonds. The van der Waals surface area contributed by atoms with Gasteiger partial charge in [0.05, 0.1) is 24.6 Å². The Morgan fingerprint density at radius 3 is 0.525 bits per heavy atom. The predicted octanol–water partition coefficient (Wildman–Crippen LogP) is 15.2. The lowest BCUT2D eigenvalue weighted by molar-refractivity contribution is 0.562. The first-order valence-corrected chi connectivity index (χ1v) is 22.1. The summed E-state index contributed by atoms with van der Waals surface area (Å²) in [5, 5.41) is 0. The lowest BCUT2D eigenvalue weighted by Gasteiger charge is -2.28. The monoisotopic (exact) mass is 582 g/mol. The van der Waals surface area contributed by atoms with Gasteiger partial charge in [-0.25, -0.2) is 0 Å². The highest BCUT2D eigenvalue weighted by molar-refractivity contribution is 7.75. The Bertz CT molecular complexity index is 399. The van der Waals surface area contributed by atoms with Crippen LogP contribution in [-0.2, 0) is 0 Å². The van der Waals surface area contributed by atoms with Gasteiger partial charge in [0, 0.05) is 7.26 Å². The molecule has 0 nitrogen and oxygen atoms in total.